The second-order valence-electron chi connectivity index (χ2n) is 6.32. The van der Waals surface area contributed by atoms with Crippen LogP contribution < -0.4 is 11.1 Å². The molecule has 0 aromatic heterocycles. The zero-order valence-corrected chi connectivity index (χ0v) is 13.9. The minimum atomic E-state index is 0.0425. The van der Waals surface area contributed by atoms with Crippen molar-refractivity contribution < 1.29 is 4.79 Å². The Hall–Kier alpha value is -1.35. The molecule has 0 saturated carbocycles. The summed E-state index contributed by atoms with van der Waals surface area (Å²) in [6.07, 6.45) is 2.56. The molecule has 0 aliphatic carbocycles. The minimum absolute atomic E-state index is 0.0425. The maximum Gasteiger partial charge on any atom is 0.220 e. The van der Waals surface area contributed by atoms with Gasteiger partial charge in [0.15, 0.2) is 0 Å². The molecule has 1 aromatic rings. The minimum Gasteiger partial charge on any atom is -0.350 e. The molecule has 1 amide bonds. The molecule has 0 fully saturated rings. The molecule has 0 saturated heterocycles. The van der Waals surface area contributed by atoms with Crippen LogP contribution >= 0.6 is 0 Å². The molecule has 1 aromatic carbocycles. The lowest BCUT2D eigenvalue weighted by atomic mass is 9.94. The van der Waals surface area contributed by atoms with Gasteiger partial charge in [-0.25, -0.2) is 0 Å². The maximum absolute atomic E-state index is 12.1. The molecule has 1 rings (SSSR count). The monoisotopic (exact) mass is 290 g/mol. The Kier molecular flexibility index (Phi) is 7.44. The number of hydrogen-bond donors (Lipinski definition) is 2. The van der Waals surface area contributed by atoms with E-state index in [2.05, 4.69) is 50.4 Å². The first kappa shape index (κ1) is 17.7. The molecule has 3 nitrogen and oxygen atoms in total. The lowest BCUT2D eigenvalue weighted by molar-refractivity contribution is -0.122. The summed E-state index contributed by atoms with van der Waals surface area (Å²) >= 11 is 0. The fourth-order valence-corrected chi connectivity index (χ4v) is 2.62. The largest absolute Gasteiger partial charge is 0.350 e. The van der Waals surface area contributed by atoms with Gasteiger partial charge in [0.05, 0.1) is 6.04 Å². The molecular formula is C18H30N2O. The van der Waals surface area contributed by atoms with Crippen molar-refractivity contribution in [3.05, 3.63) is 35.4 Å². The van der Waals surface area contributed by atoms with Gasteiger partial charge in [0.25, 0.3) is 0 Å². The topological polar surface area (TPSA) is 55.1 Å². The molecule has 0 spiro atoms. The molecule has 0 heterocycles. The van der Waals surface area contributed by atoms with Crippen LogP contribution in [0.25, 0.3) is 0 Å². The highest BCUT2D eigenvalue weighted by atomic mass is 16.1. The zero-order chi connectivity index (χ0) is 15.8. The van der Waals surface area contributed by atoms with Gasteiger partial charge in [-0.1, -0.05) is 45.0 Å². The summed E-state index contributed by atoms with van der Waals surface area (Å²) in [5.41, 5.74) is 8.23. The molecule has 3 N–H and O–H groups in total. The van der Waals surface area contributed by atoms with E-state index in [4.69, 9.17) is 5.73 Å². The van der Waals surface area contributed by atoms with E-state index < -0.39 is 0 Å². The Bertz CT molecular complexity index is 425. The van der Waals surface area contributed by atoms with Gasteiger partial charge >= 0.3 is 0 Å². The number of nitrogens with two attached hydrogens (primary N) is 1. The van der Waals surface area contributed by atoms with Gasteiger partial charge in [-0.2, -0.15) is 0 Å². The Labute approximate surface area is 129 Å². The van der Waals surface area contributed by atoms with E-state index in [-0.39, 0.29) is 17.9 Å². The molecule has 21 heavy (non-hydrogen) atoms. The maximum atomic E-state index is 12.1. The van der Waals surface area contributed by atoms with Crippen LogP contribution in [0.4, 0.5) is 0 Å². The summed E-state index contributed by atoms with van der Waals surface area (Å²) in [7, 11) is 0. The quantitative estimate of drug-likeness (QED) is 0.770. The van der Waals surface area contributed by atoms with Gasteiger partial charge < -0.3 is 11.1 Å². The molecule has 3 heteroatoms. The standard InChI is InChI=1S/C18H30N2O/c1-5-15-6-8-17(9-7-15)14(4)20-18(21)11-16(12-19)10-13(2)3/h6-9,13-14,16H,5,10-12,19H2,1-4H3,(H,20,21). The number of benzene rings is 1. The fourth-order valence-electron chi connectivity index (χ4n) is 2.62. The average Bonchev–Trinajstić information content (AvgIpc) is 2.45. The third-order valence-corrected chi connectivity index (χ3v) is 3.88. The number of carbonyl (C=O) groups is 1. The van der Waals surface area contributed by atoms with Gasteiger partial charge in [-0.05, 0) is 49.3 Å². The van der Waals surface area contributed by atoms with Gasteiger partial charge in [0, 0.05) is 6.42 Å². The van der Waals surface area contributed by atoms with Crippen LogP contribution in [-0.4, -0.2) is 12.5 Å². The first-order valence-electron chi connectivity index (χ1n) is 8.04. The molecule has 2 unspecified atom stereocenters. The van der Waals surface area contributed by atoms with Gasteiger partial charge in [-0.3, -0.25) is 4.79 Å². The van der Waals surface area contributed by atoms with Crippen molar-refractivity contribution in [2.75, 3.05) is 6.54 Å². The lowest BCUT2D eigenvalue weighted by Crippen LogP contribution is -2.30. The molecule has 2 atom stereocenters. The molecule has 0 aliphatic rings. The highest BCUT2D eigenvalue weighted by molar-refractivity contribution is 5.76. The molecule has 118 valence electrons. The Morgan fingerprint density at radius 2 is 1.81 bits per heavy atom. The molecule has 0 radical (unpaired) electrons. The van der Waals surface area contributed by atoms with E-state index >= 15 is 0 Å². The van der Waals surface area contributed by atoms with E-state index in [9.17, 15) is 4.79 Å². The summed E-state index contributed by atoms with van der Waals surface area (Å²) in [4.78, 5) is 12.1. The number of amides is 1. The first-order chi connectivity index (χ1) is 9.96. The van der Waals surface area contributed by atoms with Crippen molar-refractivity contribution >= 4 is 5.91 Å². The second-order valence-corrected chi connectivity index (χ2v) is 6.32. The van der Waals surface area contributed by atoms with Crippen LogP contribution in [0.1, 0.15) is 57.7 Å². The third kappa shape index (κ3) is 6.30. The summed E-state index contributed by atoms with van der Waals surface area (Å²) < 4.78 is 0. The van der Waals surface area contributed by atoms with E-state index in [0.29, 0.717) is 18.9 Å². The Balaban J connectivity index is 2.52. The number of nitrogens with one attached hydrogen (secondary N) is 1. The smallest absolute Gasteiger partial charge is 0.220 e. The summed E-state index contributed by atoms with van der Waals surface area (Å²) in [5.74, 6) is 0.947. The molecular weight excluding hydrogens is 260 g/mol. The third-order valence-electron chi connectivity index (χ3n) is 3.88. The summed E-state index contributed by atoms with van der Waals surface area (Å²) in [5, 5.41) is 3.08. The van der Waals surface area contributed by atoms with Gasteiger partial charge in [-0.15, -0.1) is 0 Å². The summed E-state index contributed by atoms with van der Waals surface area (Å²) in [6, 6.07) is 8.48. The fraction of sp³-hybridized carbons (Fsp3) is 0.611. The van der Waals surface area contributed by atoms with E-state index in [1.807, 2.05) is 6.92 Å². The Morgan fingerprint density at radius 1 is 1.19 bits per heavy atom. The van der Waals surface area contributed by atoms with Gasteiger partial charge in [0.2, 0.25) is 5.91 Å². The first-order valence-corrected chi connectivity index (χ1v) is 8.04. The second kappa shape index (κ2) is 8.83. The van der Waals surface area contributed by atoms with Crippen molar-refractivity contribution in [2.24, 2.45) is 17.6 Å². The lowest BCUT2D eigenvalue weighted by Gasteiger charge is -2.19. The van der Waals surface area contributed by atoms with Crippen LogP contribution in [0.3, 0.4) is 0 Å². The van der Waals surface area contributed by atoms with E-state index in [1.54, 1.807) is 0 Å². The number of rotatable bonds is 8. The summed E-state index contributed by atoms with van der Waals surface area (Å²) in [6.45, 7) is 9.07. The highest BCUT2D eigenvalue weighted by Gasteiger charge is 2.16. The predicted octanol–water partition coefficient (Wildman–Crippen LogP) is 3.44. The SMILES string of the molecule is CCc1ccc(C(C)NC(=O)CC(CN)CC(C)C)cc1. The average molecular weight is 290 g/mol. The van der Waals surface area contributed by atoms with Crippen molar-refractivity contribution in [1.29, 1.82) is 0 Å². The number of carbonyl (C=O) groups excluding carboxylic acids is 1. The van der Waals surface area contributed by atoms with Crippen LogP contribution in [0.5, 0.6) is 0 Å². The van der Waals surface area contributed by atoms with E-state index in [0.717, 1.165) is 18.4 Å². The van der Waals surface area contributed by atoms with Crippen LogP contribution in [0.2, 0.25) is 0 Å². The normalized spacial score (nSPS) is 14.0. The van der Waals surface area contributed by atoms with Crippen molar-refractivity contribution in [1.82, 2.24) is 5.32 Å². The van der Waals surface area contributed by atoms with Crippen molar-refractivity contribution in [3.8, 4) is 0 Å². The molecule has 0 aliphatic heterocycles. The Morgan fingerprint density at radius 3 is 2.29 bits per heavy atom. The van der Waals surface area contributed by atoms with Crippen molar-refractivity contribution in [3.63, 3.8) is 0 Å². The van der Waals surface area contributed by atoms with Crippen LogP contribution in [0.15, 0.2) is 24.3 Å². The van der Waals surface area contributed by atoms with Crippen molar-refractivity contribution in [2.45, 2.75) is 53.0 Å². The van der Waals surface area contributed by atoms with E-state index in [1.165, 1.54) is 5.56 Å². The van der Waals surface area contributed by atoms with Crippen LogP contribution in [0, 0.1) is 11.8 Å². The number of hydrogen-bond acceptors (Lipinski definition) is 2. The number of aryl methyl sites for hydroxylation is 1. The highest BCUT2D eigenvalue weighted by Crippen LogP contribution is 2.17. The van der Waals surface area contributed by atoms with Crippen LogP contribution in [-0.2, 0) is 11.2 Å². The van der Waals surface area contributed by atoms with Gasteiger partial charge in [0.1, 0.15) is 0 Å². The molecule has 0 bridgehead atoms. The zero-order valence-electron chi connectivity index (χ0n) is 13.9. The predicted molar refractivity (Wildman–Crippen MR) is 89.0 cm³/mol.